The van der Waals surface area contributed by atoms with Crippen LogP contribution in [0, 0.1) is 0 Å². The van der Waals surface area contributed by atoms with Crippen LogP contribution in [0.5, 0.6) is 23.0 Å². The molecule has 7 rings (SSSR count). The molecule has 0 aliphatic carbocycles. The van der Waals surface area contributed by atoms with Gasteiger partial charge in [0.15, 0.2) is 5.60 Å². The quantitative estimate of drug-likeness (QED) is 0.143. The molecule has 3 aromatic carbocycles. The zero-order valence-electron chi connectivity index (χ0n) is 24.4. The summed E-state index contributed by atoms with van der Waals surface area (Å²) in [5.74, 6) is -0.0677. The zero-order chi connectivity index (χ0) is 33.2. The monoisotopic (exact) mass is 656 g/mol. The Kier molecular flexibility index (Phi) is 8.08. The van der Waals surface area contributed by atoms with Gasteiger partial charge in [0.05, 0.1) is 18.8 Å². The molecule has 4 aliphatic heterocycles. The molecule has 250 valence electrons. The molecule has 4 heterocycles. The first kappa shape index (κ1) is 31.7. The molecule has 15 nitrogen and oxygen atoms in total. The predicted molar refractivity (Wildman–Crippen MR) is 153 cm³/mol. The summed E-state index contributed by atoms with van der Waals surface area (Å²) in [6.45, 7) is -1.29. The highest BCUT2D eigenvalue weighted by Gasteiger charge is 2.54. The van der Waals surface area contributed by atoms with Crippen LogP contribution in [0.4, 0.5) is 0 Å². The van der Waals surface area contributed by atoms with Crippen molar-refractivity contribution < 1.29 is 74.1 Å². The number of hydrogen-bond donors (Lipinski definition) is 8. The van der Waals surface area contributed by atoms with Crippen molar-refractivity contribution in [2.75, 3.05) is 13.2 Å². The fourth-order valence-corrected chi connectivity index (χ4v) is 6.38. The molecule has 10 atom stereocenters. The van der Waals surface area contributed by atoms with E-state index in [1.807, 2.05) is 0 Å². The molecule has 0 saturated carbocycles. The minimum Gasteiger partial charge on any atom is -0.462 e. The fraction of sp³-hybridized carbons (Fsp3) is 0.406. The van der Waals surface area contributed by atoms with Crippen LogP contribution in [0.25, 0.3) is 0 Å². The van der Waals surface area contributed by atoms with Crippen molar-refractivity contribution in [2.24, 2.45) is 0 Å². The Morgan fingerprint density at radius 1 is 0.617 bits per heavy atom. The van der Waals surface area contributed by atoms with E-state index < -0.39 is 86.2 Å². The van der Waals surface area contributed by atoms with Crippen LogP contribution >= 0.6 is 0 Å². The Bertz CT molecular complexity index is 1570. The second kappa shape index (κ2) is 12.0. The summed E-state index contributed by atoms with van der Waals surface area (Å²) in [7, 11) is 0. The van der Waals surface area contributed by atoms with Gasteiger partial charge in [0.1, 0.15) is 71.8 Å². The first-order valence-electron chi connectivity index (χ1n) is 14.8. The van der Waals surface area contributed by atoms with Crippen LogP contribution in [0.1, 0.15) is 27.0 Å². The average Bonchev–Trinajstić information content (AvgIpc) is 3.37. The smallest absolute Gasteiger partial charge is 0.340 e. The van der Waals surface area contributed by atoms with E-state index in [-0.39, 0.29) is 23.0 Å². The van der Waals surface area contributed by atoms with E-state index >= 15 is 0 Å². The predicted octanol–water partition coefficient (Wildman–Crippen LogP) is -1.39. The van der Waals surface area contributed by atoms with E-state index in [9.17, 15) is 45.6 Å². The molecular weight excluding hydrogens is 624 g/mol. The third-order valence-electron chi connectivity index (χ3n) is 8.86. The van der Waals surface area contributed by atoms with Crippen LogP contribution < -0.4 is 14.2 Å². The number of carbonyl (C=O) groups is 1. The van der Waals surface area contributed by atoms with E-state index in [0.29, 0.717) is 22.3 Å². The number of carbonyl (C=O) groups excluding carboxylic acids is 1. The molecule has 0 radical (unpaired) electrons. The molecule has 2 fully saturated rings. The molecule has 0 unspecified atom stereocenters. The first-order chi connectivity index (χ1) is 22.6. The maximum Gasteiger partial charge on any atom is 0.340 e. The summed E-state index contributed by atoms with van der Waals surface area (Å²) in [4.78, 5) is 13.2. The molecule has 8 N–H and O–H groups in total. The second-order valence-electron chi connectivity index (χ2n) is 11.7. The van der Waals surface area contributed by atoms with Gasteiger partial charge in [0, 0.05) is 28.8 Å². The standard InChI is InChI=1S/C32H32O15/c33-11-21-23(35)25(37)27(39)30(45-21)42-13-5-7-17-19(9-13)44-20-10-14(43-31-28(40)26(38)24(36)22(12-34)46-31)6-8-18(20)32(17)16-4-2-1-3-15(16)29(41)47-32/h1-10,21-28,30-31,33-40H,11-12H2/t21-,22-,23+,24+,25-,26-,27-,28-,30-,31-/m1/s1. The number of aliphatic hydroxyl groups is 8. The second-order valence-corrected chi connectivity index (χ2v) is 11.7. The van der Waals surface area contributed by atoms with Gasteiger partial charge >= 0.3 is 5.97 Å². The topological polar surface area (TPSA) is 234 Å². The van der Waals surface area contributed by atoms with Crippen molar-refractivity contribution in [3.8, 4) is 23.0 Å². The van der Waals surface area contributed by atoms with Gasteiger partial charge in [-0.1, -0.05) is 18.2 Å². The van der Waals surface area contributed by atoms with Crippen LogP contribution in [0.15, 0.2) is 60.7 Å². The Morgan fingerprint density at radius 3 is 1.60 bits per heavy atom. The van der Waals surface area contributed by atoms with Gasteiger partial charge in [-0.25, -0.2) is 4.79 Å². The van der Waals surface area contributed by atoms with E-state index in [2.05, 4.69) is 0 Å². The number of fused-ring (bicyclic) bond motifs is 6. The summed E-state index contributed by atoms with van der Waals surface area (Å²) in [6.07, 6.45) is -15.1. The molecule has 0 aromatic heterocycles. The highest BCUT2D eigenvalue weighted by atomic mass is 16.7. The maximum absolute atomic E-state index is 13.2. The lowest BCUT2D eigenvalue weighted by Crippen LogP contribution is -2.60. The van der Waals surface area contributed by atoms with Gasteiger partial charge in [-0.05, 0) is 30.3 Å². The lowest BCUT2D eigenvalue weighted by Gasteiger charge is -2.40. The van der Waals surface area contributed by atoms with Crippen molar-refractivity contribution in [1.82, 2.24) is 0 Å². The summed E-state index contributed by atoms with van der Waals surface area (Å²) in [5.41, 5.74) is 0.217. The molecule has 4 aliphatic rings. The summed E-state index contributed by atoms with van der Waals surface area (Å²) in [5, 5.41) is 80.7. The van der Waals surface area contributed by atoms with Crippen LogP contribution in [0.3, 0.4) is 0 Å². The Morgan fingerprint density at radius 2 is 1.11 bits per heavy atom. The molecule has 2 saturated heterocycles. The van der Waals surface area contributed by atoms with E-state index in [1.54, 1.807) is 36.4 Å². The van der Waals surface area contributed by atoms with E-state index in [4.69, 9.17) is 28.4 Å². The Hall–Kier alpha value is -3.87. The lowest BCUT2D eigenvalue weighted by atomic mass is 9.77. The summed E-state index contributed by atoms with van der Waals surface area (Å²) >= 11 is 0. The van der Waals surface area contributed by atoms with Crippen molar-refractivity contribution in [2.45, 2.75) is 67.0 Å². The highest BCUT2D eigenvalue weighted by Crippen LogP contribution is 2.57. The molecule has 0 amide bonds. The van der Waals surface area contributed by atoms with Gasteiger partial charge in [0.2, 0.25) is 12.6 Å². The van der Waals surface area contributed by atoms with Crippen LogP contribution in [-0.4, -0.2) is 121 Å². The van der Waals surface area contributed by atoms with Gasteiger partial charge in [-0.2, -0.15) is 0 Å². The molecule has 47 heavy (non-hydrogen) atoms. The average molecular weight is 657 g/mol. The maximum atomic E-state index is 13.2. The van der Waals surface area contributed by atoms with Crippen LogP contribution in [-0.2, 0) is 19.8 Å². The van der Waals surface area contributed by atoms with Gasteiger partial charge in [0.25, 0.3) is 0 Å². The van der Waals surface area contributed by atoms with E-state index in [1.165, 1.54) is 24.3 Å². The largest absolute Gasteiger partial charge is 0.462 e. The van der Waals surface area contributed by atoms with Gasteiger partial charge in [-0.15, -0.1) is 0 Å². The van der Waals surface area contributed by atoms with Crippen molar-refractivity contribution in [1.29, 1.82) is 0 Å². The van der Waals surface area contributed by atoms with Gasteiger partial charge < -0.3 is 69.3 Å². The third-order valence-corrected chi connectivity index (χ3v) is 8.86. The first-order valence-corrected chi connectivity index (χ1v) is 14.8. The number of esters is 1. The Balaban J connectivity index is 1.26. The van der Waals surface area contributed by atoms with Gasteiger partial charge in [-0.3, -0.25) is 0 Å². The molecule has 15 heteroatoms. The number of rotatable bonds is 6. The summed E-state index contributed by atoms with van der Waals surface area (Å²) in [6, 6.07) is 16.0. The number of aliphatic hydroxyl groups excluding tert-OH is 8. The summed E-state index contributed by atoms with van der Waals surface area (Å²) < 4.78 is 35.0. The number of benzene rings is 3. The zero-order valence-corrected chi connectivity index (χ0v) is 24.4. The molecular formula is C32H32O15. The number of ether oxygens (including phenoxy) is 6. The SMILES string of the molecule is O=C1OC2(c3ccc(O[C@@H]4O[C@H](CO)[C@H](O)[C@@H](O)[C@H]4O)cc3Oc3cc(O[C@@H]4O[C@H](CO)[C@H](O)[C@@H](O)[C@H]4O)ccc32)c2ccccc21. The van der Waals surface area contributed by atoms with Crippen molar-refractivity contribution in [3.05, 3.63) is 82.9 Å². The van der Waals surface area contributed by atoms with Crippen molar-refractivity contribution >= 4 is 5.97 Å². The minimum absolute atomic E-state index is 0.0954. The molecule has 1 spiro atoms. The Labute approximate surface area is 266 Å². The van der Waals surface area contributed by atoms with Crippen LogP contribution in [0.2, 0.25) is 0 Å². The minimum atomic E-state index is -1.67. The van der Waals surface area contributed by atoms with E-state index in [0.717, 1.165) is 0 Å². The third kappa shape index (κ3) is 5.03. The highest BCUT2D eigenvalue weighted by molar-refractivity contribution is 5.97. The normalized spacial score (nSPS) is 33.7. The van der Waals surface area contributed by atoms with Crippen molar-refractivity contribution in [3.63, 3.8) is 0 Å². The fourth-order valence-electron chi connectivity index (χ4n) is 6.38. The number of hydrogen-bond acceptors (Lipinski definition) is 15. The molecule has 0 bridgehead atoms. The lowest BCUT2D eigenvalue weighted by molar-refractivity contribution is -0.277. The molecule has 3 aromatic rings.